The van der Waals surface area contributed by atoms with Crippen molar-refractivity contribution in [2.75, 3.05) is 12.4 Å². The van der Waals surface area contributed by atoms with Gasteiger partial charge in [-0.05, 0) is 6.42 Å². The summed E-state index contributed by atoms with van der Waals surface area (Å²) < 4.78 is 0.109. The second-order valence-corrected chi connectivity index (χ2v) is 6.06. The number of hydrogen-bond donors (Lipinski definition) is 2. The average Bonchev–Trinajstić information content (AvgIpc) is 2.09. The van der Waals surface area contributed by atoms with Crippen LogP contribution in [0.3, 0.4) is 0 Å². The van der Waals surface area contributed by atoms with Crippen LogP contribution in [0.25, 0.3) is 0 Å². The highest BCUT2D eigenvalue weighted by Crippen LogP contribution is 2.22. The van der Waals surface area contributed by atoms with Crippen LogP contribution < -0.4 is 5.32 Å². The van der Waals surface area contributed by atoms with E-state index in [1.165, 1.54) is 0 Å². The minimum atomic E-state index is -0.0944. The highest BCUT2D eigenvalue weighted by Gasteiger charge is 2.14. The summed E-state index contributed by atoms with van der Waals surface area (Å²) in [7, 11) is 0. The number of amides is 1. The summed E-state index contributed by atoms with van der Waals surface area (Å²) in [4.78, 5) is 11.4. The standard InChI is InChI=1S/C10H21NO2S/c1-5-8(6-12)11-9(13)7-14-10(2,3)4/h8,12H,5-7H2,1-4H3,(H,11,13)/t8-/m1/s1. The molecule has 0 fully saturated rings. The molecule has 0 aliphatic rings. The molecule has 0 radical (unpaired) electrons. The number of thioether (sulfide) groups is 1. The number of rotatable bonds is 5. The van der Waals surface area contributed by atoms with Crippen LogP contribution in [0.1, 0.15) is 34.1 Å². The van der Waals surface area contributed by atoms with E-state index < -0.39 is 0 Å². The summed E-state index contributed by atoms with van der Waals surface area (Å²) in [6.45, 7) is 8.19. The third-order valence-corrected chi connectivity index (χ3v) is 2.99. The fourth-order valence-electron chi connectivity index (χ4n) is 0.828. The van der Waals surface area contributed by atoms with E-state index in [1.54, 1.807) is 11.8 Å². The maximum Gasteiger partial charge on any atom is 0.230 e. The van der Waals surface area contributed by atoms with Crippen molar-refractivity contribution in [2.24, 2.45) is 0 Å². The van der Waals surface area contributed by atoms with Crippen molar-refractivity contribution in [3.05, 3.63) is 0 Å². The van der Waals surface area contributed by atoms with E-state index in [4.69, 9.17) is 5.11 Å². The van der Waals surface area contributed by atoms with Crippen molar-refractivity contribution in [3.63, 3.8) is 0 Å². The summed E-state index contributed by atoms with van der Waals surface area (Å²) in [6.07, 6.45) is 0.766. The summed E-state index contributed by atoms with van der Waals surface area (Å²) >= 11 is 1.61. The summed E-state index contributed by atoms with van der Waals surface area (Å²) in [6, 6.07) is -0.0944. The van der Waals surface area contributed by atoms with Crippen molar-refractivity contribution in [2.45, 2.75) is 44.9 Å². The van der Waals surface area contributed by atoms with Crippen molar-refractivity contribution in [3.8, 4) is 0 Å². The molecular formula is C10H21NO2S. The Kier molecular flexibility index (Phi) is 6.20. The number of hydrogen-bond acceptors (Lipinski definition) is 3. The molecule has 3 nitrogen and oxygen atoms in total. The van der Waals surface area contributed by atoms with E-state index in [1.807, 2.05) is 6.92 Å². The Labute approximate surface area is 90.7 Å². The number of carbonyl (C=O) groups excluding carboxylic acids is 1. The van der Waals surface area contributed by atoms with Crippen LogP contribution >= 0.6 is 11.8 Å². The predicted octanol–water partition coefficient (Wildman–Crippen LogP) is 1.41. The van der Waals surface area contributed by atoms with Gasteiger partial charge in [0.05, 0.1) is 18.4 Å². The second-order valence-electron chi connectivity index (χ2n) is 4.26. The lowest BCUT2D eigenvalue weighted by molar-refractivity contribution is -0.119. The van der Waals surface area contributed by atoms with Crippen LogP contribution in [0.2, 0.25) is 0 Å². The molecule has 0 unspecified atom stereocenters. The van der Waals surface area contributed by atoms with Crippen molar-refractivity contribution < 1.29 is 9.90 Å². The summed E-state index contributed by atoms with van der Waals surface area (Å²) in [5, 5.41) is 11.7. The van der Waals surface area contributed by atoms with E-state index in [9.17, 15) is 4.79 Å². The van der Waals surface area contributed by atoms with Crippen molar-refractivity contribution in [1.82, 2.24) is 5.32 Å². The number of nitrogens with one attached hydrogen (secondary N) is 1. The van der Waals surface area contributed by atoms with Gasteiger partial charge in [-0.3, -0.25) is 4.79 Å². The molecule has 84 valence electrons. The average molecular weight is 219 g/mol. The summed E-state index contributed by atoms with van der Waals surface area (Å²) in [5.41, 5.74) is 0. The number of carbonyl (C=O) groups is 1. The summed E-state index contributed by atoms with van der Waals surface area (Å²) in [5.74, 6) is 0.464. The largest absolute Gasteiger partial charge is 0.394 e. The van der Waals surface area contributed by atoms with E-state index in [0.29, 0.717) is 5.75 Å². The van der Waals surface area contributed by atoms with Gasteiger partial charge in [0.2, 0.25) is 5.91 Å². The topological polar surface area (TPSA) is 49.3 Å². The molecule has 0 rings (SSSR count). The molecule has 0 saturated heterocycles. The van der Waals surface area contributed by atoms with Crippen LogP contribution in [-0.2, 0) is 4.79 Å². The minimum absolute atomic E-state index is 0.00539. The fourth-order valence-corrected chi connectivity index (χ4v) is 1.48. The smallest absolute Gasteiger partial charge is 0.230 e. The van der Waals surface area contributed by atoms with Gasteiger partial charge in [0.1, 0.15) is 0 Å². The van der Waals surface area contributed by atoms with Gasteiger partial charge in [0, 0.05) is 4.75 Å². The first-order valence-corrected chi connectivity index (χ1v) is 5.91. The van der Waals surface area contributed by atoms with Crippen molar-refractivity contribution >= 4 is 17.7 Å². The highest BCUT2D eigenvalue weighted by molar-refractivity contribution is 8.01. The van der Waals surface area contributed by atoms with E-state index >= 15 is 0 Å². The first-order chi connectivity index (χ1) is 6.39. The van der Waals surface area contributed by atoms with Crippen LogP contribution in [-0.4, -0.2) is 34.2 Å². The number of aliphatic hydroxyl groups excluding tert-OH is 1. The molecule has 0 heterocycles. The lowest BCUT2D eigenvalue weighted by Crippen LogP contribution is -2.38. The Morgan fingerprint density at radius 2 is 2.07 bits per heavy atom. The van der Waals surface area contributed by atoms with Gasteiger partial charge < -0.3 is 10.4 Å². The van der Waals surface area contributed by atoms with E-state index in [-0.39, 0.29) is 23.3 Å². The molecule has 1 amide bonds. The van der Waals surface area contributed by atoms with Gasteiger partial charge >= 0.3 is 0 Å². The zero-order chi connectivity index (χ0) is 11.2. The van der Waals surface area contributed by atoms with Crippen LogP contribution in [0, 0.1) is 0 Å². The molecule has 0 aromatic heterocycles. The molecule has 1 atom stereocenters. The minimum Gasteiger partial charge on any atom is -0.394 e. The van der Waals surface area contributed by atoms with Gasteiger partial charge in [-0.2, -0.15) is 0 Å². The lowest BCUT2D eigenvalue weighted by atomic mass is 10.2. The normalized spacial score (nSPS) is 13.8. The predicted molar refractivity (Wildman–Crippen MR) is 61.5 cm³/mol. The lowest BCUT2D eigenvalue weighted by Gasteiger charge is -2.19. The first kappa shape index (κ1) is 13.8. The van der Waals surface area contributed by atoms with Gasteiger partial charge in [0.25, 0.3) is 0 Å². The van der Waals surface area contributed by atoms with Crippen LogP contribution in [0.4, 0.5) is 0 Å². The molecule has 0 aromatic carbocycles. The van der Waals surface area contributed by atoms with Crippen LogP contribution in [0.5, 0.6) is 0 Å². The Morgan fingerprint density at radius 3 is 2.43 bits per heavy atom. The molecule has 14 heavy (non-hydrogen) atoms. The SMILES string of the molecule is CC[C@H](CO)NC(=O)CSC(C)(C)C. The van der Waals surface area contributed by atoms with E-state index in [2.05, 4.69) is 26.1 Å². The fraction of sp³-hybridized carbons (Fsp3) is 0.900. The molecule has 0 aliphatic heterocycles. The monoisotopic (exact) mass is 219 g/mol. The van der Waals surface area contributed by atoms with Gasteiger partial charge in [-0.25, -0.2) is 0 Å². The number of aliphatic hydroxyl groups is 1. The Bertz CT molecular complexity index is 173. The Balaban J connectivity index is 3.75. The second kappa shape index (κ2) is 6.30. The van der Waals surface area contributed by atoms with E-state index in [0.717, 1.165) is 6.42 Å². The Hall–Kier alpha value is -0.220. The molecule has 0 spiro atoms. The van der Waals surface area contributed by atoms with Crippen molar-refractivity contribution in [1.29, 1.82) is 0 Å². The first-order valence-electron chi connectivity index (χ1n) is 4.93. The van der Waals surface area contributed by atoms with Gasteiger partial charge in [-0.1, -0.05) is 27.7 Å². The Morgan fingerprint density at radius 1 is 1.50 bits per heavy atom. The molecule has 2 N–H and O–H groups in total. The quantitative estimate of drug-likeness (QED) is 0.735. The zero-order valence-corrected chi connectivity index (χ0v) is 10.3. The van der Waals surface area contributed by atoms with Gasteiger partial charge in [0.15, 0.2) is 0 Å². The maximum absolute atomic E-state index is 11.4. The molecule has 0 aliphatic carbocycles. The zero-order valence-electron chi connectivity index (χ0n) is 9.46. The molecular weight excluding hydrogens is 198 g/mol. The maximum atomic E-state index is 11.4. The third kappa shape index (κ3) is 7.21. The third-order valence-electron chi connectivity index (χ3n) is 1.71. The molecule has 0 aromatic rings. The van der Waals surface area contributed by atoms with Gasteiger partial charge in [-0.15, -0.1) is 11.8 Å². The van der Waals surface area contributed by atoms with Crippen LogP contribution in [0.15, 0.2) is 0 Å². The molecule has 0 bridgehead atoms. The molecule has 0 saturated carbocycles. The highest BCUT2D eigenvalue weighted by atomic mass is 32.2. The molecule has 4 heteroatoms.